The fourth-order valence-corrected chi connectivity index (χ4v) is 4.64. The lowest BCUT2D eigenvalue weighted by Crippen LogP contribution is -2.59. The molecule has 1 atom stereocenters. The predicted molar refractivity (Wildman–Crippen MR) is 95.5 cm³/mol. The summed E-state index contributed by atoms with van der Waals surface area (Å²) in [6.07, 6.45) is 7.34. The molecule has 0 bridgehead atoms. The van der Waals surface area contributed by atoms with Crippen LogP contribution in [0.4, 0.5) is 0 Å². The number of thioether (sulfide) groups is 1. The molecule has 1 saturated heterocycles. The molecule has 1 unspecified atom stereocenters. The first-order valence-electron chi connectivity index (χ1n) is 8.80. The molecule has 5 heteroatoms. The lowest BCUT2D eigenvalue weighted by molar-refractivity contribution is -0.129. The molecule has 22 heavy (non-hydrogen) atoms. The molecule has 1 N–H and O–H groups in total. The van der Waals surface area contributed by atoms with Gasteiger partial charge in [0, 0.05) is 63.2 Å². The van der Waals surface area contributed by atoms with Crippen molar-refractivity contribution in [1.82, 2.24) is 15.1 Å². The molecule has 2 rings (SSSR count). The van der Waals surface area contributed by atoms with Gasteiger partial charge in [0.2, 0.25) is 5.91 Å². The van der Waals surface area contributed by atoms with Gasteiger partial charge >= 0.3 is 0 Å². The lowest BCUT2D eigenvalue weighted by atomic mass is 9.79. The van der Waals surface area contributed by atoms with Crippen LogP contribution in [-0.4, -0.2) is 72.5 Å². The van der Waals surface area contributed by atoms with E-state index in [0.29, 0.717) is 12.0 Å². The smallest absolute Gasteiger partial charge is 0.223 e. The Bertz CT molecular complexity index is 350. The Morgan fingerprint density at radius 1 is 1.23 bits per heavy atom. The number of rotatable bonds is 6. The van der Waals surface area contributed by atoms with Crippen LogP contribution < -0.4 is 5.32 Å². The third-order valence-corrected chi connectivity index (χ3v) is 6.17. The van der Waals surface area contributed by atoms with E-state index in [9.17, 15) is 4.79 Å². The van der Waals surface area contributed by atoms with Crippen molar-refractivity contribution in [3.05, 3.63) is 0 Å². The Hall–Kier alpha value is -0.260. The van der Waals surface area contributed by atoms with Crippen molar-refractivity contribution in [2.45, 2.75) is 57.0 Å². The summed E-state index contributed by atoms with van der Waals surface area (Å²) in [5.74, 6) is 2.76. The van der Waals surface area contributed by atoms with Crippen LogP contribution >= 0.6 is 11.8 Å². The van der Waals surface area contributed by atoms with Crippen LogP contribution in [0.3, 0.4) is 0 Å². The summed E-state index contributed by atoms with van der Waals surface area (Å²) < 4.78 is 0. The van der Waals surface area contributed by atoms with Gasteiger partial charge in [-0.15, -0.1) is 0 Å². The predicted octanol–water partition coefficient (Wildman–Crippen LogP) is 2.19. The summed E-state index contributed by atoms with van der Waals surface area (Å²) in [7, 11) is 3.67. The van der Waals surface area contributed by atoms with Crippen molar-refractivity contribution < 1.29 is 4.79 Å². The van der Waals surface area contributed by atoms with E-state index in [4.69, 9.17) is 0 Å². The molecule has 1 aliphatic heterocycles. The van der Waals surface area contributed by atoms with Gasteiger partial charge in [0.05, 0.1) is 0 Å². The highest BCUT2D eigenvalue weighted by Gasteiger charge is 2.38. The molecule has 1 saturated carbocycles. The molecular weight excluding hydrogens is 294 g/mol. The minimum absolute atomic E-state index is 0.215. The van der Waals surface area contributed by atoms with E-state index in [-0.39, 0.29) is 11.9 Å². The zero-order valence-corrected chi connectivity index (χ0v) is 15.4. The number of hydrogen-bond acceptors (Lipinski definition) is 4. The SMILES string of the molecule is CC(CC(=O)N(C)C)NCC1(N2CCSCC2)CCCCC1. The zero-order valence-electron chi connectivity index (χ0n) is 14.6. The number of amides is 1. The maximum Gasteiger partial charge on any atom is 0.223 e. The Kier molecular flexibility index (Phi) is 7.03. The molecule has 0 radical (unpaired) electrons. The van der Waals surface area contributed by atoms with Crippen molar-refractivity contribution in [2.75, 3.05) is 45.2 Å². The Morgan fingerprint density at radius 3 is 2.45 bits per heavy atom. The summed E-state index contributed by atoms with van der Waals surface area (Å²) in [5, 5.41) is 3.68. The number of nitrogens with one attached hydrogen (secondary N) is 1. The van der Waals surface area contributed by atoms with Crippen LogP contribution in [-0.2, 0) is 4.79 Å². The quantitative estimate of drug-likeness (QED) is 0.811. The van der Waals surface area contributed by atoms with E-state index in [1.54, 1.807) is 4.90 Å². The standard InChI is InChI=1S/C17H33N3OS/c1-15(13-16(21)19(2)3)18-14-17(7-5-4-6-8-17)20-9-11-22-12-10-20/h15,18H,4-14H2,1-3H3. The largest absolute Gasteiger partial charge is 0.349 e. The molecular formula is C17H33N3OS. The first-order chi connectivity index (χ1) is 10.5. The summed E-state index contributed by atoms with van der Waals surface area (Å²) in [6.45, 7) is 5.65. The van der Waals surface area contributed by atoms with Crippen molar-refractivity contribution in [3.8, 4) is 0 Å². The van der Waals surface area contributed by atoms with Gasteiger partial charge in [-0.25, -0.2) is 0 Å². The zero-order chi connectivity index (χ0) is 16.0. The second-order valence-electron chi connectivity index (χ2n) is 7.16. The average Bonchev–Trinajstić information content (AvgIpc) is 2.54. The number of hydrogen-bond donors (Lipinski definition) is 1. The summed E-state index contributed by atoms with van der Waals surface area (Å²) >= 11 is 2.09. The highest BCUT2D eigenvalue weighted by Crippen LogP contribution is 2.35. The molecule has 0 aromatic heterocycles. The van der Waals surface area contributed by atoms with Crippen LogP contribution in [0.15, 0.2) is 0 Å². The molecule has 0 spiro atoms. The van der Waals surface area contributed by atoms with Gasteiger partial charge < -0.3 is 10.2 Å². The van der Waals surface area contributed by atoms with Gasteiger partial charge in [-0.3, -0.25) is 9.69 Å². The first kappa shape index (κ1) is 18.1. The Labute approximate surface area is 140 Å². The highest BCUT2D eigenvalue weighted by molar-refractivity contribution is 7.99. The van der Waals surface area contributed by atoms with Crippen LogP contribution in [0.25, 0.3) is 0 Å². The molecule has 1 aliphatic carbocycles. The van der Waals surface area contributed by atoms with E-state index in [2.05, 4.69) is 28.9 Å². The van der Waals surface area contributed by atoms with Crippen molar-refractivity contribution in [1.29, 1.82) is 0 Å². The molecule has 1 heterocycles. The van der Waals surface area contributed by atoms with Crippen LogP contribution in [0.2, 0.25) is 0 Å². The lowest BCUT2D eigenvalue weighted by Gasteiger charge is -2.48. The maximum atomic E-state index is 11.9. The third kappa shape index (κ3) is 4.87. The summed E-state index contributed by atoms with van der Waals surface area (Å²) in [6, 6.07) is 0.257. The fourth-order valence-electron chi connectivity index (χ4n) is 3.73. The van der Waals surface area contributed by atoms with E-state index in [0.717, 1.165) is 6.54 Å². The highest BCUT2D eigenvalue weighted by atomic mass is 32.2. The maximum absolute atomic E-state index is 11.9. The second kappa shape index (κ2) is 8.55. The topological polar surface area (TPSA) is 35.6 Å². The normalized spacial score (nSPS) is 24.0. The van der Waals surface area contributed by atoms with E-state index in [1.165, 1.54) is 56.7 Å². The van der Waals surface area contributed by atoms with Gasteiger partial charge in [0.15, 0.2) is 0 Å². The molecule has 1 amide bonds. The fraction of sp³-hybridized carbons (Fsp3) is 0.941. The molecule has 2 aliphatic rings. The van der Waals surface area contributed by atoms with E-state index in [1.807, 2.05) is 14.1 Å². The van der Waals surface area contributed by atoms with Gasteiger partial charge in [-0.2, -0.15) is 11.8 Å². The van der Waals surface area contributed by atoms with Crippen molar-refractivity contribution in [3.63, 3.8) is 0 Å². The molecule has 0 aromatic carbocycles. The minimum atomic E-state index is 0.215. The Morgan fingerprint density at radius 2 is 1.86 bits per heavy atom. The summed E-state index contributed by atoms with van der Waals surface area (Å²) in [5.41, 5.74) is 0.342. The van der Waals surface area contributed by atoms with Crippen LogP contribution in [0.5, 0.6) is 0 Å². The molecule has 2 fully saturated rings. The Balaban J connectivity index is 1.90. The van der Waals surface area contributed by atoms with Crippen molar-refractivity contribution >= 4 is 17.7 Å². The van der Waals surface area contributed by atoms with Gasteiger partial charge in [0.25, 0.3) is 0 Å². The van der Waals surface area contributed by atoms with E-state index < -0.39 is 0 Å². The minimum Gasteiger partial charge on any atom is -0.349 e. The number of nitrogens with zero attached hydrogens (tertiary/aromatic N) is 2. The molecule has 0 aromatic rings. The van der Waals surface area contributed by atoms with Crippen LogP contribution in [0, 0.1) is 0 Å². The molecule has 128 valence electrons. The molecule has 4 nitrogen and oxygen atoms in total. The van der Waals surface area contributed by atoms with Gasteiger partial charge in [-0.1, -0.05) is 19.3 Å². The van der Waals surface area contributed by atoms with Crippen LogP contribution in [0.1, 0.15) is 45.4 Å². The third-order valence-electron chi connectivity index (χ3n) is 5.23. The van der Waals surface area contributed by atoms with E-state index >= 15 is 0 Å². The van der Waals surface area contributed by atoms with Gasteiger partial charge in [-0.05, 0) is 19.8 Å². The van der Waals surface area contributed by atoms with Gasteiger partial charge in [0.1, 0.15) is 0 Å². The number of carbonyl (C=O) groups excluding carboxylic acids is 1. The first-order valence-corrected chi connectivity index (χ1v) is 9.95. The van der Waals surface area contributed by atoms with Crippen molar-refractivity contribution in [2.24, 2.45) is 0 Å². The average molecular weight is 328 g/mol. The monoisotopic (exact) mass is 327 g/mol. The number of carbonyl (C=O) groups is 1. The second-order valence-corrected chi connectivity index (χ2v) is 8.38. The summed E-state index contributed by atoms with van der Waals surface area (Å²) in [4.78, 5) is 16.3.